The van der Waals surface area contributed by atoms with Gasteiger partial charge in [0.1, 0.15) is 12.4 Å². The summed E-state index contributed by atoms with van der Waals surface area (Å²) in [4.78, 5) is 3.87. The van der Waals surface area contributed by atoms with Crippen LogP contribution in [0.4, 0.5) is 19.0 Å². The van der Waals surface area contributed by atoms with Crippen LogP contribution in [0.5, 0.6) is 0 Å². The van der Waals surface area contributed by atoms with Gasteiger partial charge in [-0.25, -0.2) is 4.98 Å². The van der Waals surface area contributed by atoms with Crippen LogP contribution >= 0.6 is 0 Å². The first-order valence-corrected chi connectivity index (χ1v) is 4.83. The standard InChI is InChI=1S/C10H13F3N2O/c11-10(12,13)7-16-6-2-4-8-3-1-5-15-9(8)14/h1,3,5H,2,4,6-7H2,(H2,14,15). The Hall–Kier alpha value is -1.30. The summed E-state index contributed by atoms with van der Waals surface area (Å²) in [6, 6.07) is 3.54. The molecular weight excluding hydrogens is 221 g/mol. The van der Waals surface area contributed by atoms with Crippen molar-refractivity contribution in [1.29, 1.82) is 0 Å². The van der Waals surface area contributed by atoms with Crippen molar-refractivity contribution < 1.29 is 17.9 Å². The summed E-state index contributed by atoms with van der Waals surface area (Å²) >= 11 is 0. The topological polar surface area (TPSA) is 48.1 Å². The van der Waals surface area contributed by atoms with Gasteiger partial charge >= 0.3 is 6.18 Å². The highest BCUT2D eigenvalue weighted by atomic mass is 19.4. The second kappa shape index (κ2) is 5.69. The third-order valence-corrected chi connectivity index (χ3v) is 1.93. The molecule has 0 bridgehead atoms. The molecule has 0 spiro atoms. The van der Waals surface area contributed by atoms with Gasteiger partial charge in [-0.1, -0.05) is 6.07 Å². The molecule has 1 aromatic rings. The maximum atomic E-state index is 11.7. The molecule has 0 saturated carbocycles. The van der Waals surface area contributed by atoms with Crippen molar-refractivity contribution in [1.82, 2.24) is 4.98 Å². The van der Waals surface area contributed by atoms with Crippen molar-refractivity contribution in [2.75, 3.05) is 18.9 Å². The first-order valence-electron chi connectivity index (χ1n) is 4.83. The number of hydrogen-bond acceptors (Lipinski definition) is 3. The van der Waals surface area contributed by atoms with E-state index in [1.54, 1.807) is 18.3 Å². The Balaban J connectivity index is 2.19. The molecule has 90 valence electrons. The Morgan fingerprint density at radius 1 is 1.38 bits per heavy atom. The average molecular weight is 234 g/mol. The quantitative estimate of drug-likeness (QED) is 0.794. The molecule has 1 rings (SSSR count). The summed E-state index contributed by atoms with van der Waals surface area (Å²) in [6.45, 7) is -1.14. The number of halogens is 3. The summed E-state index contributed by atoms with van der Waals surface area (Å²) in [5.74, 6) is 0.415. The van der Waals surface area contributed by atoms with Crippen molar-refractivity contribution >= 4 is 5.82 Å². The molecule has 0 radical (unpaired) electrons. The molecule has 2 N–H and O–H groups in total. The Kier molecular flexibility index (Phi) is 4.54. The third-order valence-electron chi connectivity index (χ3n) is 1.93. The lowest BCUT2D eigenvalue weighted by Crippen LogP contribution is -2.17. The van der Waals surface area contributed by atoms with Gasteiger partial charge in [-0.05, 0) is 24.5 Å². The van der Waals surface area contributed by atoms with Crippen molar-refractivity contribution in [2.45, 2.75) is 19.0 Å². The fraction of sp³-hybridized carbons (Fsp3) is 0.500. The molecule has 6 heteroatoms. The maximum absolute atomic E-state index is 11.7. The number of ether oxygens (including phenoxy) is 1. The van der Waals surface area contributed by atoms with Gasteiger partial charge in [-0.15, -0.1) is 0 Å². The van der Waals surface area contributed by atoms with E-state index in [2.05, 4.69) is 9.72 Å². The Morgan fingerprint density at radius 2 is 2.12 bits per heavy atom. The van der Waals surface area contributed by atoms with Crippen LogP contribution < -0.4 is 5.73 Å². The summed E-state index contributed by atoms with van der Waals surface area (Å²) in [5.41, 5.74) is 6.40. The highest BCUT2D eigenvalue weighted by molar-refractivity contribution is 5.38. The second-order valence-corrected chi connectivity index (χ2v) is 3.32. The second-order valence-electron chi connectivity index (χ2n) is 3.32. The zero-order valence-corrected chi connectivity index (χ0v) is 8.63. The van der Waals surface area contributed by atoms with Crippen molar-refractivity contribution in [3.05, 3.63) is 23.9 Å². The minimum Gasteiger partial charge on any atom is -0.383 e. The molecule has 3 nitrogen and oxygen atoms in total. The Labute approximate surface area is 91.4 Å². The van der Waals surface area contributed by atoms with E-state index in [1.807, 2.05) is 0 Å². The number of aromatic nitrogens is 1. The van der Waals surface area contributed by atoms with Crippen molar-refractivity contribution in [3.63, 3.8) is 0 Å². The van der Waals surface area contributed by atoms with Crippen molar-refractivity contribution in [3.8, 4) is 0 Å². The van der Waals surface area contributed by atoms with Gasteiger partial charge < -0.3 is 10.5 Å². The van der Waals surface area contributed by atoms with Crippen molar-refractivity contribution in [2.24, 2.45) is 0 Å². The normalized spacial score (nSPS) is 11.7. The number of nitrogens with zero attached hydrogens (tertiary/aromatic N) is 1. The van der Waals surface area contributed by atoms with E-state index in [0.717, 1.165) is 5.56 Å². The molecule has 0 amide bonds. The van der Waals surface area contributed by atoms with E-state index in [9.17, 15) is 13.2 Å². The number of hydrogen-bond donors (Lipinski definition) is 1. The molecule has 0 atom stereocenters. The van der Waals surface area contributed by atoms with Gasteiger partial charge in [0.05, 0.1) is 0 Å². The SMILES string of the molecule is Nc1ncccc1CCCOCC(F)(F)F. The lowest BCUT2D eigenvalue weighted by Gasteiger charge is -2.07. The molecule has 0 aliphatic carbocycles. The average Bonchev–Trinajstić information content (AvgIpc) is 2.18. The van der Waals surface area contributed by atoms with E-state index < -0.39 is 12.8 Å². The first-order chi connectivity index (χ1) is 7.49. The van der Waals surface area contributed by atoms with E-state index in [0.29, 0.717) is 18.7 Å². The van der Waals surface area contributed by atoms with Crippen LogP contribution in [-0.4, -0.2) is 24.4 Å². The van der Waals surface area contributed by atoms with Crippen LogP contribution in [0.25, 0.3) is 0 Å². The fourth-order valence-corrected chi connectivity index (χ4v) is 1.21. The predicted octanol–water partition coefficient (Wildman–Crippen LogP) is 2.18. The van der Waals surface area contributed by atoms with E-state index in [1.165, 1.54) is 0 Å². The number of aryl methyl sites for hydroxylation is 1. The molecule has 0 fully saturated rings. The molecule has 1 aromatic heterocycles. The molecular formula is C10H13F3N2O. The minimum absolute atomic E-state index is 0.0633. The molecule has 16 heavy (non-hydrogen) atoms. The van der Waals surface area contributed by atoms with Crippen LogP contribution in [0.3, 0.4) is 0 Å². The lowest BCUT2D eigenvalue weighted by molar-refractivity contribution is -0.174. The molecule has 0 aromatic carbocycles. The van der Waals surface area contributed by atoms with Gasteiger partial charge in [0.2, 0.25) is 0 Å². The number of nitrogen functional groups attached to an aromatic ring is 1. The first kappa shape index (κ1) is 12.8. The van der Waals surface area contributed by atoms with Crippen LogP contribution in [-0.2, 0) is 11.2 Å². The number of anilines is 1. The predicted molar refractivity (Wildman–Crippen MR) is 53.8 cm³/mol. The van der Waals surface area contributed by atoms with Gasteiger partial charge in [-0.2, -0.15) is 13.2 Å². The van der Waals surface area contributed by atoms with Gasteiger partial charge in [-0.3, -0.25) is 0 Å². The van der Waals surface area contributed by atoms with E-state index in [-0.39, 0.29) is 6.61 Å². The van der Waals surface area contributed by atoms with Crippen LogP contribution in [0.2, 0.25) is 0 Å². The number of alkyl halides is 3. The van der Waals surface area contributed by atoms with Gasteiger partial charge in [0.15, 0.2) is 0 Å². The van der Waals surface area contributed by atoms with Crippen LogP contribution in [0.1, 0.15) is 12.0 Å². The highest BCUT2D eigenvalue weighted by Gasteiger charge is 2.27. The molecule has 0 unspecified atom stereocenters. The monoisotopic (exact) mass is 234 g/mol. The van der Waals surface area contributed by atoms with E-state index in [4.69, 9.17) is 5.73 Å². The third kappa shape index (κ3) is 4.97. The largest absolute Gasteiger partial charge is 0.411 e. The molecule has 0 aliphatic rings. The Bertz CT molecular complexity index is 328. The smallest absolute Gasteiger partial charge is 0.383 e. The summed E-state index contributed by atoms with van der Waals surface area (Å²) < 4.78 is 39.6. The number of pyridine rings is 1. The zero-order chi connectivity index (χ0) is 12.0. The molecule has 0 saturated heterocycles. The number of rotatable bonds is 5. The molecule has 0 aliphatic heterocycles. The fourth-order valence-electron chi connectivity index (χ4n) is 1.21. The highest BCUT2D eigenvalue weighted by Crippen LogP contribution is 2.15. The maximum Gasteiger partial charge on any atom is 0.411 e. The number of nitrogens with two attached hydrogens (primary N) is 1. The Morgan fingerprint density at radius 3 is 2.75 bits per heavy atom. The van der Waals surface area contributed by atoms with Gasteiger partial charge in [0, 0.05) is 12.8 Å². The van der Waals surface area contributed by atoms with E-state index >= 15 is 0 Å². The minimum atomic E-state index is -4.26. The summed E-state index contributed by atoms with van der Waals surface area (Å²) in [7, 11) is 0. The van der Waals surface area contributed by atoms with Gasteiger partial charge in [0.25, 0.3) is 0 Å². The van der Waals surface area contributed by atoms with Crippen LogP contribution in [0.15, 0.2) is 18.3 Å². The lowest BCUT2D eigenvalue weighted by atomic mass is 10.1. The summed E-state index contributed by atoms with van der Waals surface area (Å²) in [5, 5.41) is 0. The summed E-state index contributed by atoms with van der Waals surface area (Å²) in [6.07, 6.45) is -1.63. The molecule has 1 heterocycles. The van der Waals surface area contributed by atoms with Crippen LogP contribution in [0, 0.1) is 0 Å². The zero-order valence-electron chi connectivity index (χ0n) is 8.63.